The maximum absolute atomic E-state index is 14.0. The van der Waals surface area contributed by atoms with Crippen molar-refractivity contribution in [3.8, 4) is 0 Å². The van der Waals surface area contributed by atoms with Crippen molar-refractivity contribution >= 4 is 10.1 Å². The fourth-order valence-corrected chi connectivity index (χ4v) is 9.45. The predicted molar refractivity (Wildman–Crippen MR) is 162 cm³/mol. The summed E-state index contributed by atoms with van der Waals surface area (Å²) in [6.07, 6.45) is 19.4. The summed E-state index contributed by atoms with van der Waals surface area (Å²) in [5.41, 5.74) is -0.985. The van der Waals surface area contributed by atoms with Crippen LogP contribution in [0.4, 0.5) is 0 Å². The molecule has 0 aromatic carbocycles. The summed E-state index contributed by atoms with van der Waals surface area (Å²) in [6.45, 7) is 36.5. The highest BCUT2D eigenvalue weighted by Crippen LogP contribution is 2.76. The third kappa shape index (κ3) is 4.70. The van der Waals surface area contributed by atoms with Crippen LogP contribution in [0.5, 0.6) is 0 Å². The molecule has 1 atom stereocenters. The van der Waals surface area contributed by atoms with Crippen molar-refractivity contribution in [3.63, 3.8) is 0 Å². The van der Waals surface area contributed by atoms with Gasteiger partial charge in [0.15, 0.2) is 0 Å². The molecule has 0 amide bonds. The quantitative estimate of drug-likeness (QED) is 0.136. The largest absolute Gasteiger partial charge is 0.285 e. The van der Waals surface area contributed by atoms with Crippen LogP contribution < -0.4 is 0 Å². The van der Waals surface area contributed by atoms with Crippen molar-refractivity contribution < 1.29 is 13.0 Å². The molecule has 1 aliphatic carbocycles. The average Bonchev–Trinajstić information content (AvgIpc) is 2.83. The Balaban J connectivity index is 5.03. The first-order valence-electron chi connectivity index (χ1n) is 12.8. The van der Waals surface area contributed by atoms with Gasteiger partial charge in [0, 0.05) is 10.8 Å². The molecule has 0 saturated heterocycles. The van der Waals surface area contributed by atoms with Gasteiger partial charge in [-0.3, -0.25) is 4.55 Å². The third-order valence-corrected chi connectivity index (χ3v) is 10.2. The third-order valence-electron chi connectivity index (χ3n) is 8.56. The van der Waals surface area contributed by atoms with Gasteiger partial charge in [-0.25, -0.2) is 0 Å². The fourth-order valence-electron chi connectivity index (χ4n) is 7.75. The van der Waals surface area contributed by atoms with Crippen molar-refractivity contribution in [1.29, 1.82) is 0 Å². The summed E-state index contributed by atoms with van der Waals surface area (Å²) in [6, 6.07) is 0. The number of hydrogen-bond donors (Lipinski definition) is 1. The molecule has 0 aromatic rings. The summed E-state index contributed by atoms with van der Waals surface area (Å²) in [7, 11) is -4.74. The van der Waals surface area contributed by atoms with Gasteiger partial charge >= 0.3 is 0 Å². The van der Waals surface area contributed by atoms with Crippen LogP contribution in [-0.2, 0) is 10.1 Å². The zero-order chi connectivity index (χ0) is 28.4. The van der Waals surface area contributed by atoms with Crippen molar-refractivity contribution in [1.82, 2.24) is 0 Å². The van der Waals surface area contributed by atoms with Crippen LogP contribution >= 0.6 is 0 Å². The van der Waals surface area contributed by atoms with E-state index in [0.717, 1.165) is 5.57 Å². The lowest BCUT2D eigenvalue weighted by Crippen LogP contribution is -2.70. The molecule has 1 unspecified atom stereocenters. The maximum atomic E-state index is 14.0. The van der Waals surface area contributed by atoms with Crippen molar-refractivity contribution in [2.75, 3.05) is 0 Å². The van der Waals surface area contributed by atoms with E-state index >= 15 is 0 Å². The Hall–Kier alpha value is -2.69. The zero-order valence-corrected chi connectivity index (χ0v) is 23.4. The monoisotopic (exact) mass is 522 g/mol. The molecule has 0 aliphatic heterocycles. The fraction of sp³-hybridized carbons (Fsp3) is 0.394. The summed E-state index contributed by atoms with van der Waals surface area (Å²) in [4.78, 5) is 0. The second-order valence-electron chi connectivity index (χ2n) is 9.94. The summed E-state index contributed by atoms with van der Waals surface area (Å²) < 4.78 is 37.6. The minimum Gasteiger partial charge on any atom is -0.285 e. The highest BCUT2D eigenvalue weighted by Gasteiger charge is 2.75. The van der Waals surface area contributed by atoms with Gasteiger partial charge in [-0.1, -0.05) is 60.3 Å². The van der Waals surface area contributed by atoms with Crippen molar-refractivity contribution in [2.45, 2.75) is 62.5 Å². The van der Waals surface area contributed by atoms with E-state index in [1.54, 1.807) is 30.4 Å². The Morgan fingerprint density at radius 1 is 0.514 bits per heavy atom. The van der Waals surface area contributed by atoms with Gasteiger partial charge in [-0.05, 0) is 68.8 Å². The second kappa shape index (κ2) is 13.2. The Morgan fingerprint density at radius 3 is 1.19 bits per heavy atom. The normalized spacial score (nSPS) is 21.8. The molecule has 0 bridgehead atoms. The zero-order valence-electron chi connectivity index (χ0n) is 22.6. The van der Waals surface area contributed by atoms with Gasteiger partial charge in [-0.2, -0.15) is 8.42 Å². The number of hydrogen-bond acceptors (Lipinski definition) is 2. The molecule has 0 aromatic heterocycles. The van der Waals surface area contributed by atoms with E-state index in [9.17, 15) is 13.0 Å². The average molecular weight is 523 g/mol. The van der Waals surface area contributed by atoms with Crippen LogP contribution in [0.15, 0.2) is 125 Å². The molecular formula is C33H46O3S. The standard InChI is InChI=1S/C33H46O3S/c1-10-19-28-29(20-11-2)33(27-18-9,37(34,35)36)32(25-16-7,26-17-8)31(23-14-5,24-15-6)30(28,21-12-3)22-13-4/h10-18H,1-9,19-27H2,(H,34,35,36). The lowest BCUT2D eigenvalue weighted by atomic mass is 9.35. The lowest BCUT2D eigenvalue weighted by molar-refractivity contribution is -0.102. The Morgan fingerprint density at radius 2 is 0.865 bits per heavy atom. The molecule has 0 radical (unpaired) electrons. The first-order valence-corrected chi connectivity index (χ1v) is 14.2. The van der Waals surface area contributed by atoms with Crippen LogP contribution in [-0.4, -0.2) is 17.7 Å². The predicted octanol–water partition coefficient (Wildman–Crippen LogP) is 9.07. The van der Waals surface area contributed by atoms with Crippen LogP contribution in [0, 0.1) is 16.2 Å². The Labute approximate surface area is 226 Å². The van der Waals surface area contributed by atoms with Gasteiger partial charge in [-0.15, -0.1) is 59.2 Å². The second-order valence-corrected chi connectivity index (χ2v) is 11.6. The van der Waals surface area contributed by atoms with Crippen molar-refractivity contribution in [3.05, 3.63) is 125 Å². The minimum atomic E-state index is -4.74. The first-order chi connectivity index (χ1) is 17.6. The molecule has 0 spiro atoms. The first kappa shape index (κ1) is 32.3. The van der Waals surface area contributed by atoms with E-state index < -0.39 is 31.1 Å². The Bertz CT molecular complexity index is 1040. The van der Waals surface area contributed by atoms with Gasteiger partial charge in [0.25, 0.3) is 10.1 Å². The van der Waals surface area contributed by atoms with Crippen LogP contribution in [0.25, 0.3) is 0 Å². The summed E-state index contributed by atoms with van der Waals surface area (Å²) in [5, 5.41) is 0. The SMILES string of the molecule is C=CCC1=C(CC=C)C(CC=C)(S(=O)(=O)O)C(CC=C)(CC=C)C(CC=C)(CC=C)C1(CC=C)CC=C. The van der Waals surface area contributed by atoms with E-state index in [1.165, 1.54) is 0 Å². The highest BCUT2D eigenvalue weighted by atomic mass is 32.2. The molecule has 0 saturated carbocycles. The molecular weight excluding hydrogens is 476 g/mol. The molecule has 0 heterocycles. The van der Waals surface area contributed by atoms with Gasteiger partial charge < -0.3 is 0 Å². The van der Waals surface area contributed by atoms with Crippen LogP contribution in [0.1, 0.15) is 57.8 Å². The Kier molecular flexibility index (Phi) is 11.5. The topological polar surface area (TPSA) is 54.4 Å². The number of rotatable bonds is 19. The maximum Gasteiger partial charge on any atom is 0.275 e. The van der Waals surface area contributed by atoms with Gasteiger partial charge in [0.1, 0.15) is 4.75 Å². The van der Waals surface area contributed by atoms with E-state index in [-0.39, 0.29) is 12.8 Å². The summed E-state index contributed by atoms with van der Waals surface area (Å²) >= 11 is 0. The highest BCUT2D eigenvalue weighted by molar-refractivity contribution is 7.87. The molecule has 4 heteroatoms. The number of allylic oxidation sites excluding steroid dienone is 10. The van der Waals surface area contributed by atoms with E-state index in [4.69, 9.17) is 0 Å². The van der Waals surface area contributed by atoms with Crippen LogP contribution in [0.2, 0.25) is 0 Å². The van der Waals surface area contributed by atoms with Crippen LogP contribution in [0.3, 0.4) is 0 Å². The van der Waals surface area contributed by atoms with Gasteiger partial charge in [0.05, 0.1) is 0 Å². The minimum absolute atomic E-state index is 0.00558. The van der Waals surface area contributed by atoms with Gasteiger partial charge in [0.2, 0.25) is 0 Å². The molecule has 3 nitrogen and oxygen atoms in total. The molecule has 202 valence electrons. The molecule has 37 heavy (non-hydrogen) atoms. The van der Waals surface area contributed by atoms with E-state index in [0.29, 0.717) is 50.5 Å². The molecule has 1 N–H and O–H groups in total. The molecule has 1 rings (SSSR count). The van der Waals surface area contributed by atoms with E-state index in [1.807, 2.05) is 24.3 Å². The van der Waals surface area contributed by atoms with E-state index in [2.05, 4.69) is 59.2 Å². The molecule has 0 fully saturated rings. The van der Waals surface area contributed by atoms with Crippen molar-refractivity contribution in [2.24, 2.45) is 16.2 Å². The smallest absolute Gasteiger partial charge is 0.275 e. The summed E-state index contributed by atoms with van der Waals surface area (Å²) in [5.74, 6) is 0. The lowest BCUT2D eigenvalue weighted by Gasteiger charge is -2.70. The molecule has 1 aliphatic rings.